The number of carbonyl (C=O) groups excluding carboxylic acids is 1. The molecule has 1 amide bonds. The molecule has 20 heavy (non-hydrogen) atoms. The van der Waals surface area contributed by atoms with Gasteiger partial charge in [0.05, 0.1) is 9.26 Å². The van der Waals surface area contributed by atoms with E-state index in [9.17, 15) is 13.6 Å². The van der Waals surface area contributed by atoms with Crippen molar-refractivity contribution in [1.29, 1.82) is 0 Å². The van der Waals surface area contributed by atoms with Gasteiger partial charge in [-0.3, -0.25) is 5.32 Å². The van der Waals surface area contributed by atoms with Crippen molar-refractivity contribution in [2.24, 2.45) is 0 Å². The lowest BCUT2D eigenvalue weighted by Gasteiger charge is -2.09. The topological polar surface area (TPSA) is 38.3 Å². The molecule has 6 heteroatoms. The molecule has 0 saturated carbocycles. The molecule has 0 aliphatic rings. The van der Waals surface area contributed by atoms with E-state index in [2.05, 4.69) is 5.32 Å². The van der Waals surface area contributed by atoms with Crippen LogP contribution in [-0.4, -0.2) is 6.09 Å². The van der Waals surface area contributed by atoms with Gasteiger partial charge in [0.15, 0.2) is 11.6 Å². The Balaban J connectivity index is 1.97. The molecule has 0 unspecified atom stereocenters. The molecule has 0 aliphatic carbocycles. The largest absolute Gasteiger partial charge is 0.444 e. The van der Waals surface area contributed by atoms with Crippen molar-refractivity contribution in [3.05, 3.63) is 63.2 Å². The molecule has 0 saturated heterocycles. The second-order valence-electron chi connectivity index (χ2n) is 3.91. The molecule has 0 aliphatic heterocycles. The third-order valence-corrected chi connectivity index (χ3v) is 3.54. The van der Waals surface area contributed by atoms with Crippen molar-refractivity contribution in [2.75, 3.05) is 5.32 Å². The first-order chi connectivity index (χ1) is 9.58. The van der Waals surface area contributed by atoms with E-state index in [1.165, 1.54) is 6.07 Å². The van der Waals surface area contributed by atoms with Crippen molar-refractivity contribution < 1.29 is 18.3 Å². The molecule has 0 aromatic heterocycles. The number of halogens is 3. The van der Waals surface area contributed by atoms with E-state index < -0.39 is 17.7 Å². The third-order valence-electron chi connectivity index (χ3n) is 2.48. The monoisotopic (exact) mass is 389 g/mol. The number of nitrogens with one attached hydrogen (secondary N) is 1. The van der Waals surface area contributed by atoms with E-state index >= 15 is 0 Å². The molecular weight excluding hydrogens is 379 g/mol. The predicted molar refractivity (Wildman–Crippen MR) is 79.3 cm³/mol. The summed E-state index contributed by atoms with van der Waals surface area (Å²) in [6, 6.07) is 11.4. The molecular formula is C14H10F2INO2. The van der Waals surface area contributed by atoms with Crippen LogP contribution in [0.1, 0.15) is 5.56 Å². The summed E-state index contributed by atoms with van der Waals surface area (Å²) in [5, 5.41) is 2.37. The molecule has 0 bridgehead atoms. The van der Waals surface area contributed by atoms with Crippen molar-refractivity contribution >= 4 is 34.4 Å². The number of amides is 1. The van der Waals surface area contributed by atoms with Crippen LogP contribution in [0.5, 0.6) is 0 Å². The summed E-state index contributed by atoms with van der Waals surface area (Å²) < 4.78 is 31.2. The minimum atomic E-state index is -0.994. The lowest BCUT2D eigenvalue weighted by Crippen LogP contribution is -2.15. The normalized spacial score (nSPS) is 10.2. The second-order valence-corrected chi connectivity index (χ2v) is 4.99. The molecule has 104 valence electrons. The van der Waals surface area contributed by atoms with Gasteiger partial charge in [0.1, 0.15) is 6.61 Å². The summed E-state index contributed by atoms with van der Waals surface area (Å²) in [4.78, 5) is 11.6. The first kappa shape index (κ1) is 14.7. The Kier molecular flexibility index (Phi) is 4.89. The van der Waals surface area contributed by atoms with E-state index in [1.54, 1.807) is 22.6 Å². The first-order valence-corrected chi connectivity index (χ1v) is 6.77. The summed E-state index contributed by atoms with van der Waals surface area (Å²) in [7, 11) is 0. The summed E-state index contributed by atoms with van der Waals surface area (Å²) in [6.45, 7) is 0.104. The Morgan fingerprint density at radius 1 is 1.15 bits per heavy atom. The van der Waals surface area contributed by atoms with Crippen molar-refractivity contribution in [1.82, 2.24) is 0 Å². The number of hydrogen-bond donors (Lipinski definition) is 1. The number of ether oxygens (including phenoxy) is 1. The average molecular weight is 389 g/mol. The first-order valence-electron chi connectivity index (χ1n) is 5.69. The molecule has 0 spiro atoms. The zero-order valence-electron chi connectivity index (χ0n) is 10.2. The number of benzene rings is 2. The summed E-state index contributed by atoms with van der Waals surface area (Å²) in [5.74, 6) is -1.95. The van der Waals surface area contributed by atoms with E-state index in [0.717, 1.165) is 11.6 Å². The molecule has 0 atom stereocenters. The van der Waals surface area contributed by atoms with E-state index in [-0.39, 0.29) is 15.9 Å². The van der Waals surface area contributed by atoms with Crippen molar-refractivity contribution in [3.8, 4) is 0 Å². The van der Waals surface area contributed by atoms with Gasteiger partial charge in [0, 0.05) is 0 Å². The fraction of sp³-hybridized carbons (Fsp3) is 0.0714. The standard InChI is InChI=1S/C14H10F2INO2/c15-10-6-7-11(13(17)12(10)16)18-14(19)20-8-9-4-2-1-3-5-9/h1-7H,8H2,(H,18,19). The van der Waals surface area contributed by atoms with Crippen molar-refractivity contribution in [2.45, 2.75) is 6.61 Å². The maximum Gasteiger partial charge on any atom is 0.411 e. The molecule has 3 nitrogen and oxygen atoms in total. The summed E-state index contributed by atoms with van der Waals surface area (Å²) in [6.07, 6.45) is -0.724. The van der Waals surface area contributed by atoms with Crippen LogP contribution >= 0.6 is 22.6 Å². The molecule has 2 aromatic rings. The van der Waals surface area contributed by atoms with Crippen LogP contribution in [0.25, 0.3) is 0 Å². The van der Waals surface area contributed by atoms with Crippen LogP contribution in [-0.2, 0) is 11.3 Å². The van der Waals surface area contributed by atoms with Crippen LogP contribution in [0.4, 0.5) is 19.3 Å². The molecule has 2 aromatic carbocycles. The van der Waals surface area contributed by atoms with Gasteiger partial charge in [0.2, 0.25) is 0 Å². The van der Waals surface area contributed by atoms with Crippen LogP contribution in [0.2, 0.25) is 0 Å². The second kappa shape index (κ2) is 6.65. The quantitative estimate of drug-likeness (QED) is 0.628. The zero-order valence-corrected chi connectivity index (χ0v) is 12.4. The fourth-order valence-electron chi connectivity index (χ4n) is 1.49. The lowest BCUT2D eigenvalue weighted by atomic mass is 10.2. The third kappa shape index (κ3) is 3.66. The Morgan fingerprint density at radius 3 is 2.55 bits per heavy atom. The fourth-order valence-corrected chi connectivity index (χ4v) is 2.06. The van der Waals surface area contributed by atoms with Gasteiger partial charge < -0.3 is 4.74 Å². The highest BCUT2D eigenvalue weighted by molar-refractivity contribution is 14.1. The average Bonchev–Trinajstić information content (AvgIpc) is 2.47. The van der Waals surface area contributed by atoms with Gasteiger partial charge in [-0.25, -0.2) is 13.6 Å². The molecule has 0 heterocycles. The van der Waals surface area contributed by atoms with Gasteiger partial charge in [-0.1, -0.05) is 30.3 Å². The number of anilines is 1. The summed E-state index contributed by atoms with van der Waals surface area (Å²) >= 11 is 1.62. The van der Waals surface area contributed by atoms with Crippen LogP contribution in [0, 0.1) is 15.2 Å². The molecule has 0 fully saturated rings. The van der Waals surface area contributed by atoms with Gasteiger partial charge in [-0.05, 0) is 40.3 Å². The highest BCUT2D eigenvalue weighted by atomic mass is 127. The maximum absolute atomic E-state index is 13.3. The SMILES string of the molecule is O=C(Nc1ccc(F)c(F)c1I)OCc1ccccc1. The zero-order chi connectivity index (χ0) is 14.5. The van der Waals surface area contributed by atoms with E-state index in [4.69, 9.17) is 4.74 Å². The van der Waals surface area contributed by atoms with Gasteiger partial charge in [0.25, 0.3) is 0 Å². The van der Waals surface area contributed by atoms with E-state index in [1.807, 2.05) is 30.3 Å². The molecule has 1 N–H and O–H groups in total. The lowest BCUT2D eigenvalue weighted by molar-refractivity contribution is 0.155. The Morgan fingerprint density at radius 2 is 1.85 bits per heavy atom. The van der Waals surface area contributed by atoms with E-state index in [0.29, 0.717) is 0 Å². The van der Waals surface area contributed by atoms with Gasteiger partial charge in [-0.15, -0.1) is 0 Å². The number of hydrogen-bond acceptors (Lipinski definition) is 2. The van der Waals surface area contributed by atoms with Crippen LogP contribution < -0.4 is 5.32 Å². The minimum Gasteiger partial charge on any atom is -0.444 e. The molecule has 0 radical (unpaired) electrons. The number of rotatable bonds is 3. The maximum atomic E-state index is 13.3. The smallest absolute Gasteiger partial charge is 0.411 e. The van der Waals surface area contributed by atoms with Gasteiger partial charge >= 0.3 is 6.09 Å². The predicted octanol–water partition coefficient (Wildman–Crippen LogP) is 4.32. The Labute approximate surface area is 128 Å². The van der Waals surface area contributed by atoms with Crippen molar-refractivity contribution in [3.63, 3.8) is 0 Å². The highest BCUT2D eigenvalue weighted by Gasteiger charge is 2.13. The minimum absolute atomic E-state index is 0.000684. The van der Waals surface area contributed by atoms with Gasteiger partial charge in [-0.2, -0.15) is 0 Å². The highest BCUT2D eigenvalue weighted by Crippen LogP contribution is 2.23. The summed E-state index contributed by atoms with van der Waals surface area (Å²) in [5.41, 5.74) is 1.00. The van der Waals surface area contributed by atoms with Crippen LogP contribution in [0.15, 0.2) is 42.5 Å². The Hall–Kier alpha value is -1.70. The number of carbonyl (C=O) groups is 1. The Bertz CT molecular complexity index is 620. The molecule has 2 rings (SSSR count). The van der Waals surface area contributed by atoms with Crippen LogP contribution in [0.3, 0.4) is 0 Å².